The Kier molecular flexibility index (Phi) is 6.98. The van der Waals surface area contributed by atoms with E-state index in [1.165, 1.54) is 30.3 Å². The van der Waals surface area contributed by atoms with Gasteiger partial charge in [-0.25, -0.2) is 13.4 Å². The molecule has 1 amide bonds. The summed E-state index contributed by atoms with van der Waals surface area (Å²) in [7, 11) is -3.32. The van der Waals surface area contributed by atoms with Gasteiger partial charge < -0.3 is 5.32 Å². The molecule has 1 aromatic heterocycles. The van der Waals surface area contributed by atoms with E-state index in [4.69, 9.17) is 0 Å². The van der Waals surface area contributed by atoms with Gasteiger partial charge in [0, 0.05) is 5.56 Å². The van der Waals surface area contributed by atoms with Crippen molar-refractivity contribution in [3.8, 4) is 0 Å². The van der Waals surface area contributed by atoms with E-state index in [1.54, 1.807) is 32.0 Å². The van der Waals surface area contributed by atoms with Crippen molar-refractivity contribution in [2.75, 3.05) is 11.1 Å². The number of aryl methyl sites for hydroxylation is 1. The second kappa shape index (κ2) is 9.74. The fourth-order valence-corrected chi connectivity index (χ4v) is 5.29. The SMILES string of the molecule is CCS(=O)(=O)c1ccc(CC(=O)Nc2ccc3c(n2)CCC(C)(c2ccc(C(F)(F)F)cc2)C3=O)cc1. The second-order valence-corrected chi connectivity index (χ2v) is 11.5. The smallest absolute Gasteiger partial charge is 0.310 e. The Balaban J connectivity index is 1.46. The molecule has 0 radical (unpaired) electrons. The van der Waals surface area contributed by atoms with E-state index in [9.17, 15) is 31.2 Å². The quantitative estimate of drug-likeness (QED) is 0.475. The molecular formula is C27H25F3N2O4S. The fraction of sp³-hybridized carbons (Fsp3) is 0.296. The number of alkyl halides is 3. The summed E-state index contributed by atoms with van der Waals surface area (Å²) in [6.07, 6.45) is -3.67. The number of halogens is 3. The number of amides is 1. The highest BCUT2D eigenvalue weighted by Crippen LogP contribution is 2.39. The van der Waals surface area contributed by atoms with Crippen LogP contribution in [0.3, 0.4) is 0 Å². The van der Waals surface area contributed by atoms with Crippen LogP contribution >= 0.6 is 0 Å². The van der Waals surface area contributed by atoms with Crippen LogP contribution in [0.15, 0.2) is 65.6 Å². The van der Waals surface area contributed by atoms with Gasteiger partial charge in [0.1, 0.15) is 5.82 Å². The summed E-state index contributed by atoms with van der Waals surface area (Å²) in [6, 6.07) is 13.9. The molecule has 0 spiro atoms. The minimum Gasteiger partial charge on any atom is -0.310 e. The third-order valence-corrected chi connectivity index (χ3v) is 8.48. The first-order valence-corrected chi connectivity index (χ1v) is 13.3. The predicted octanol–water partition coefficient (Wildman–Crippen LogP) is 5.16. The van der Waals surface area contributed by atoms with Crippen LogP contribution in [-0.2, 0) is 39.1 Å². The summed E-state index contributed by atoms with van der Waals surface area (Å²) in [6.45, 7) is 3.28. The molecule has 0 bridgehead atoms. The maximum Gasteiger partial charge on any atom is 0.416 e. The lowest BCUT2D eigenvalue weighted by Crippen LogP contribution is -2.38. The zero-order valence-electron chi connectivity index (χ0n) is 20.2. The molecule has 194 valence electrons. The van der Waals surface area contributed by atoms with Gasteiger partial charge in [-0.1, -0.05) is 31.2 Å². The number of Topliss-reactive ketones (excluding diaryl/α,β-unsaturated/α-hetero) is 1. The van der Waals surface area contributed by atoms with Gasteiger partial charge >= 0.3 is 6.18 Å². The van der Waals surface area contributed by atoms with E-state index in [1.807, 2.05) is 0 Å². The van der Waals surface area contributed by atoms with Gasteiger partial charge in [0.25, 0.3) is 0 Å². The highest BCUT2D eigenvalue weighted by atomic mass is 32.2. The lowest BCUT2D eigenvalue weighted by molar-refractivity contribution is -0.137. The predicted molar refractivity (Wildman–Crippen MR) is 132 cm³/mol. The number of nitrogens with one attached hydrogen (secondary N) is 1. The van der Waals surface area contributed by atoms with E-state index in [-0.39, 0.29) is 34.6 Å². The summed E-state index contributed by atoms with van der Waals surface area (Å²) in [4.78, 5) is 30.5. The summed E-state index contributed by atoms with van der Waals surface area (Å²) in [5, 5.41) is 2.70. The first-order valence-electron chi connectivity index (χ1n) is 11.7. The molecule has 1 N–H and O–H groups in total. The molecule has 1 aliphatic rings. The fourth-order valence-electron chi connectivity index (χ4n) is 4.40. The summed E-state index contributed by atoms with van der Waals surface area (Å²) < 4.78 is 62.6. The Morgan fingerprint density at radius 1 is 1.03 bits per heavy atom. The molecule has 1 unspecified atom stereocenters. The van der Waals surface area contributed by atoms with Crippen molar-refractivity contribution in [1.29, 1.82) is 0 Å². The first-order chi connectivity index (χ1) is 17.3. The van der Waals surface area contributed by atoms with Gasteiger partial charge in [0.05, 0.1) is 33.7 Å². The Bertz CT molecular complexity index is 1450. The number of anilines is 1. The number of ketones is 1. The summed E-state index contributed by atoms with van der Waals surface area (Å²) in [5.74, 6) is -0.320. The largest absolute Gasteiger partial charge is 0.416 e. The van der Waals surface area contributed by atoms with Crippen LogP contribution in [-0.4, -0.2) is 30.8 Å². The molecule has 4 rings (SSSR count). The minimum atomic E-state index is -4.45. The van der Waals surface area contributed by atoms with Crippen molar-refractivity contribution in [2.24, 2.45) is 0 Å². The average molecular weight is 531 g/mol. The lowest BCUT2D eigenvalue weighted by atomic mass is 9.69. The third kappa shape index (κ3) is 5.44. The van der Waals surface area contributed by atoms with Gasteiger partial charge in [-0.2, -0.15) is 13.2 Å². The summed E-state index contributed by atoms with van der Waals surface area (Å²) >= 11 is 0. The van der Waals surface area contributed by atoms with E-state index >= 15 is 0 Å². The third-order valence-electron chi connectivity index (χ3n) is 6.73. The number of pyridine rings is 1. The van der Waals surface area contributed by atoms with E-state index < -0.39 is 27.0 Å². The monoisotopic (exact) mass is 530 g/mol. The van der Waals surface area contributed by atoms with Crippen molar-refractivity contribution in [2.45, 2.75) is 49.6 Å². The molecule has 0 saturated heterocycles. The Morgan fingerprint density at radius 3 is 2.27 bits per heavy atom. The first kappa shape index (κ1) is 26.5. The number of carbonyl (C=O) groups excluding carboxylic acids is 2. The second-order valence-electron chi connectivity index (χ2n) is 9.20. The van der Waals surface area contributed by atoms with Crippen molar-refractivity contribution in [3.05, 3.63) is 88.6 Å². The van der Waals surface area contributed by atoms with E-state index in [2.05, 4.69) is 10.3 Å². The van der Waals surface area contributed by atoms with Crippen molar-refractivity contribution in [3.63, 3.8) is 0 Å². The molecule has 2 aromatic carbocycles. The number of carbonyl (C=O) groups is 2. The highest BCUT2D eigenvalue weighted by molar-refractivity contribution is 7.91. The van der Waals surface area contributed by atoms with Crippen LogP contribution in [0.1, 0.15) is 53.0 Å². The molecule has 0 aliphatic heterocycles. The Morgan fingerprint density at radius 2 is 1.68 bits per heavy atom. The number of rotatable bonds is 6. The number of hydrogen-bond acceptors (Lipinski definition) is 5. The number of benzene rings is 2. The summed E-state index contributed by atoms with van der Waals surface area (Å²) in [5.41, 5.74) is 0.272. The normalized spacial score (nSPS) is 17.8. The number of fused-ring (bicyclic) bond motifs is 1. The maximum atomic E-state index is 13.3. The number of sulfone groups is 1. The maximum absolute atomic E-state index is 13.3. The van der Waals surface area contributed by atoms with Crippen LogP contribution in [0.5, 0.6) is 0 Å². The Hall–Kier alpha value is -3.53. The van der Waals surface area contributed by atoms with Gasteiger partial charge in [-0.05, 0) is 67.3 Å². The molecule has 3 aromatic rings. The highest BCUT2D eigenvalue weighted by Gasteiger charge is 2.41. The Labute approximate surface area is 212 Å². The van der Waals surface area contributed by atoms with Crippen molar-refractivity contribution >= 4 is 27.3 Å². The van der Waals surface area contributed by atoms with E-state index in [0.717, 1.165) is 12.1 Å². The minimum absolute atomic E-state index is 0.0101. The zero-order valence-corrected chi connectivity index (χ0v) is 21.0. The zero-order chi connectivity index (χ0) is 27.0. The molecule has 6 nitrogen and oxygen atoms in total. The number of aromatic nitrogens is 1. The van der Waals surface area contributed by atoms with Gasteiger partial charge in [-0.15, -0.1) is 0 Å². The molecular weight excluding hydrogens is 505 g/mol. The van der Waals surface area contributed by atoms with Crippen LogP contribution in [0.4, 0.5) is 19.0 Å². The van der Waals surface area contributed by atoms with Crippen molar-refractivity contribution < 1.29 is 31.2 Å². The molecule has 0 saturated carbocycles. The molecule has 1 aliphatic carbocycles. The van der Waals surface area contributed by atoms with Gasteiger partial charge in [0.15, 0.2) is 15.6 Å². The molecule has 1 atom stereocenters. The topological polar surface area (TPSA) is 93.2 Å². The van der Waals surface area contributed by atoms with Gasteiger partial charge in [-0.3, -0.25) is 9.59 Å². The van der Waals surface area contributed by atoms with Crippen LogP contribution in [0.2, 0.25) is 0 Å². The van der Waals surface area contributed by atoms with E-state index in [0.29, 0.717) is 35.2 Å². The lowest BCUT2D eigenvalue weighted by Gasteiger charge is -2.33. The number of hydrogen-bond donors (Lipinski definition) is 1. The molecule has 0 fully saturated rings. The van der Waals surface area contributed by atoms with Gasteiger partial charge in [0.2, 0.25) is 5.91 Å². The number of nitrogens with zero attached hydrogens (tertiary/aromatic N) is 1. The van der Waals surface area contributed by atoms with Crippen LogP contribution < -0.4 is 5.32 Å². The standard InChI is InChI=1S/C27H25F3N2O4S/c1-3-37(35,36)20-10-4-17(5-11-20)16-24(33)32-23-13-12-21-22(31-23)14-15-26(2,25(21)34)18-6-8-19(9-7-18)27(28,29)30/h4-13H,3,14-16H2,1-2H3,(H,31,32,33). The molecule has 10 heteroatoms. The average Bonchev–Trinajstić information content (AvgIpc) is 2.86. The van der Waals surface area contributed by atoms with Crippen LogP contribution in [0.25, 0.3) is 0 Å². The molecule has 37 heavy (non-hydrogen) atoms. The molecule has 1 heterocycles. The van der Waals surface area contributed by atoms with Crippen molar-refractivity contribution in [1.82, 2.24) is 4.98 Å². The van der Waals surface area contributed by atoms with Crippen LogP contribution in [0, 0.1) is 0 Å².